The highest BCUT2D eigenvalue weighted by Gasteiger charge is 2.21. The molecule has 0 saturated carbocycles. The van der Waals surface area contributed by atoms with Crippen molar-refractivity contribution in [3.8, 4) is 11.5 Å². The number of benzene rings is 4. The SMILES string of the molecule is COc1ccccc1C(CCNC(=O)CC(c1ccccc1)c1ccc(F)cc1)c1ccc(OC(C)C)cc1. The van der Waals surface area contributed by atoms with E-state index < -0.39 is 0 Å². The van der Waals surface area contributed by atoms with Gasteiger partial charge in [-0.05, 0) is 67.3 Å². The van der Waals surface area contributed by atoms with E-state index in [4.69, 9.17) is 9.47 Å². The number of hydrogen-bond acceptors (Lipinski definition) is 3. The van der Waals surface area contributed by atoms with Crippen LogP contribution in [0.1, 0.15) is 60.8 Å². The van der Waals surface area contributed by atoms with E-state index in [0.29, 0.717) is 13.0 Å². The molecule has 0 saturated heterocycles. The van der Waals surface area contributed by atoms with Crippen molar-refractivity contribution in [1.29, 1.82) is 0 Å². The van der Waals surface area contributed by atoms with E-state index in [1.165, 1.54) is 12.1 Å². The minimum absolute atomic E-state index is 0.0246. The van der Waals surface area contributed by atoms with Gasteiger partial charge in [0.2, 0.25) is 5.91 Å². The van der Waals surface area contributed by atoms with Crippen molar-refractivity contribution in [2.45, 2.75) is 44.6 Å². The van der Waals surface area contributed by atoms with Crippen molar-refractivity contribution < 1.29 is 18.7 Å². The summed E-state index contributed by atoms with van der Waals surface area (Å²) >= 11 is 0. The van der Waals surface area contributed by atoms with Crippen molar-refractivity contribution in [3.63, 3.8) is 0 Å². The number of para-hydroxylation sites is 1. The van der Waals surface area contributed by atoms with Crippen molar-refractivity contribution in [3.05, 3.63) is 131 Å². The van der Waals surface area contributed by atoms with Gasteiger partial charge in [-0.1, -0.05) is 72.8 Å². The minimum Gasteiger partial charge on any atom is -0.496 e. The van der Waals surface area contributed by atoms with Gasteiger partial charge in [0.15, 0.2) is 0 Å². The van der Waals surface area contributed by atoms with Gasteiger partial charge >= 0.3 is 0 Å². The van der Waals surface area contributed by atoms with Gasteiger partial charge in [0.1, 0.15) is 17.3 Å². The Morgan fingerprint density at radius 1 is 0.769 bits per heavy atom. The quantitative estimate of drug-likeness (QED) is 0.209. The van der Waals surface area contributed by atoms with Crippen LogP contribution in [0.4, 0.5) is 4.39 Å². The predicted octanol–water partition coefficient (Wildman–Crippen LogP) is 7.48. The van der Waals surface area contributed by atoms with Crippen LogP contribution in [0.25, 0.3) is 0 Å². The maximum absolute atomic E-state index is 13.6. The van der Waals surface area contributed by atoms with Crippen LogP contribution in [0, 0.1) is 5.82 Å². The second-order valence-electron chi connectivity index (χ2n) is 9.89. The average molecular weight is 526 g/mol. The Balaban J connectivity index is 1.49. The predicted molar refractivity (Wildman–Crippen MR) is 154 cm³/mol. The minimum atomic E-state index is -0.291. The third-order valence-electron chi connectivity index (χ3n) is 6.79. The van der Waals surface area contributed by atoms with Gasteiger partial charge in [-0.3, -0.25) is 4.79 Å². The van der Waals surface area contributed by atoms with Crippen LogP contribution in [0.5, 0.6) is 11.5 Å². The Hall–Kier alpha value is -4.12. The Bertz CT molecular complexity index is 1320. The molecular formula is C34H36FNO3. The largest absolute Gasteiger partial charge is 0.496 e. The number of hydrogen-bond donors (Lipinski definition) is 1. The lowest BCUT2D eigenvalue weighted by Crippen LogP contribution is -2.27. The molecule has 2 unspecified atom stereocenters. The maximum atomic E-state index is 13.6. The Kier molecular flexibility index (Phi) is 9.74. The lowest BCUT2D eigenvalue weighted by Gasteiger charge is -2.22. The molecule has 1 N–H and O–H groups in total. The van der Waals surface area contributed by atoms with Gasteiger partial charge in [0.25, 0.3) is 0 Å². The smallest absolute Gasteiger partial charge is 0.220 e. The first kappa shape index (κ1) is 27.9. The number of nitrogens with one attached hydrogen (secondary N) is 1. The van der Waals surface area contributed by atoms with E-state index in [-0.39, 0.29) is 36.1 Å². The highest BCUT2D eigenvalue weighted by atomic mass is 19.1. The van der Waals surface area contributed by atoms with E-state index >= 15 is 0 Å². The molecule has 4 nitrogen and oxygen atoms in total. The summed E-state index contributed by atoms with van der Waals surface area (Å²) in [7, 11) is 1.68. The monoisotopic (exact) mass is 525 g/mol. The summed E-state index contributed by atoms with van der Waals surface area (Å²) in [5.41, 5.74) is 4.13. The standard InChI is InChI=1S/C34H36FNO3/c1-24(2)39-29-19-15-26(16-20-29)30(31-11-7-8-12-33(31)38-3)21-22-36-34(37)23-32(25-9-5-4-6-10-25)27-13-17-28(35)18-14-27/h4-20,24,30,32H,21-23H2,1-3H3,(H,36,37). The zero-order valence-corrected chi connectivity index (χ0v) is 22.8. The highest BCUT2D eigenvalue weighted by Crippen LogP contribution is 2.35. The number of rotatable bonds is 12. The van der Waals surface area contributed by atoms with E-state index in [1.807, 2.05) is 74.5 Å². The van der Waals surface area contributed by atoms with E-state index in [0.717, 1.165) is 33.8 Å². The number of carbonyl (C=O) groups is 1. The first-order valence-corrected chi connectivity index (χ1v) is 13.4. The normalized spacial score (nSPS) is 12.5. The van der Waals surface area contributed by atoms with E-state index in [2.05, 4.69) is 23.5 Å². The fourth-order valence-electron chi connectivity index (χ4n) is 4.93. The van der Waals surface area contributed by atoms with Crippen molar-refractivity contribution >= 4 is 5.91 Å². The fraction of sp³-hybridized carbons (Fsp3) is 0.265. The molecule has 4 rings (SSSR count). The van der Waals surface area contributed by atoms with Crippen LogP contribution in [-0.4, -0.2) is 25.7 Å². The number of halogens is 1. The second-order valence-corrected chi connectivity index (χ2v) is 9.89. The van der Waals surface area contributed by atoms with Gasteiger partial charge in [-0.25, -0.2) is 4.39 Å². The molecule has 0 aliphatic rings. The number of methoxy groups -OCH3 is 1. The molecule has 5 heteroatoms. The third-order valence-corrected chi connectivity index (χ3v) is 6.79. The summed E-state index contributed by atoms with van der Waals surface area (Å²) in [4.78, 5) is 13.2. The second kappa shape index (κ2) is 13.6. The molecule has 0 spiro atoms. The fourth-order valence-corrected chi connectivity index (χ4v) is 4.93. The number of amides is 1. The van der Waals surface area contributed by atoms with Crippen LogP contribution in [0.15, 0.2) is 103 Å². The molecular weight excluding hydrogens is 489 g/mol. The molecule has 0 fully saturated rings. The highest BCUT2D eigenvalue weighted by molar-refractivity contribution is 5.77. The summed E-state index contributed by atoms with van der Waals surface area (Å²) in [5.74, 6) is 1.17. The topological polar surface area (TPSA) is 47.6 Å². The zero-order chi connectivity index (χ0) is 27.6. The molecule has 0 aliphatic carbocycles. The Morgan fingerprint density at radius 2 is 1.36 bits per heavy atom. The van der Waals surface area contributed by atoms with E-state index in [9.17, 15) is 9.18 Å². The molecule has 0 heterocycles. The van der Waals surface area contributed by atoms with Crippen LogP contribution in [-0.2, 0) is 4.79 Å². The Labute approximate surface area is 230 Å². The molecule has 0 radical (unpaired) electrons. The average Bonchev–Trinajstić information content (AvgIpc) is 2.95. The van der Waals surface area contributed by atoms with Crippen LogP contribution in [0.2, 0.25) is 0 Å². The first-order chi connectivity index (χ1) is 18.9. The van der Waals surface area contributed by atoms with Gasteiger partial charge in [-0.15, -0.1) is 0 Å². The van der Waals surface area contributed by atoms with Crippen LogP contribution < -0.4 is 14.8 Å². The summed E-state index contributed by atoms with van der Waals surface area (Å²) in [6.45, 7) is 4.51. The lowest BCUT2D eigenvalue weighted by atomic mass is 9.87. The van der Waals surface area contributed by atoms with Gasteiger partial charge in [0.05, 0.1) is 13.2 Å². The van der Waals surface area contributed by atoms with Gasteiger partial charge in [-0.2, -0.15) is 0 Å². The van der Waals surface area contributed by atoms with E-state index in [1.54, 1.807) is 19.2 Å². The molecule has 0 aromatic heterocycles. The van der Waals surface area contributed by atoms with Crippen molar-refractivity contribution in [2.75, 3.05) is 13.7 Å². The summed E-state index contributed by atoms with van der Waals surface area (Å²) in [6.07, 6.45) is 1.07. The summed E-state index contributed by atoms with van der Waals surface area (Å²) in [5, 5.41) is 3.13. The zero-order valence-electron chi connectivity index (χ0n) is 22.8. The lowest BCUT2D eigenvalue weighted by molar-refractivity contribution is -0.121. The molecule has 39 heavy (non-hydrogen) atoms. The molecule has 4 aromatic carbocycles. The Morgan fingerprint density at radius 3 is 2.03 bits per heavy atom. The number of carbonyl (C=O) groups excluding carboxylic acids is 1. The molecule has 0 bridgehead atoms. The summed E-state index contributed by atoms with van der Waals surface area (Å²) < 4.78 is 25.1. The first-order valence-electron chi connectivity index (χ1n) is 13.4. The molecule has 2 atom stereocenters. The molecule has 1 amide bonds. The number of ether oxygens (including phenoxy) is 2. The molecule has 4 aromatic rings. The molecule has 0 aliphatic heterocycles. The van der Waals surface area contributed by atoms with Crippen molar-refractivity contribution in [1.82, 2.24) is 5.32 Å². The van der Waals surface area contributed by atoms with Crippen LogP contribution in [0.3, 0.4) is 0 Å². The van der Waals surface area contributed by atoms with Crippen molar-refractivity contribution in [2.24, 2.45) is 0 Å². The van der Waals surface area contributed by atoms with Gasteiger partial charge in [0, 0.05) is 30.4 Å². The van der Waals surface area contributed by atoms with Gasteiger partial charge < -0.3 is 14.8 Å². The van der Waals surface area contributed by atoms with Crippen LogP contribution >= 0.6 is 0 Å². The summed E-state index contributed by atoms with van der Waals surface area (Å²) in [6, 6.07) is 32.4. The maximum Gasteiger partial charge on any atom is 0.220 e. The molecule has 202 valence electrons. The third kappa shape index (κ3) is 7.70.